The maximum absolute atomic E-state index is 11.0. The predicted octanol–water partition coefficient (Wildman–Crippen LogP) is 3.35. The Morgan fingerprint density at radius 3 is 2.52 bits per heavy atom. The number of likely N-dealkylation sites (tertiary alicyclic amines) is 1. The zero-order valence-corrected chi connectivity index (χ0v) is 20.3. The molecular formula is C25H34ClN5O2. The van der Waals surface area contributed by atoms with Crippen molar-refractivity contribution in [3.63, 3.8) is 0 Å². The van der Waals surface area contributed by atoms with Crippen molar-refractivity contribution >= 4 is 23.7 Å². The van der Waals surface area contributed by atoms with E-state index < -0.39 is 0 Å². The van der Waals surface area contributed by atoms with Crippen LogP contribution in [-0.2, 0) is 0 Å². The van der Waals surface area contributed by atoms with Crippen LogP contribution >= 0.6 is 11.6 Å². The van der Waals surface area contributed by atoms with Crippen LogP contribution in [0.4, 0.5) is 5.82 Å². The van der Waals surface area contributed by atoms with E-state index in [0.29, 0.717) is 17.8 Å². The number of halogens is 1. The van der Waals surface area contributed by atoms with Gasteiger partial charge in [-0.2, -0.15) is 0 Å². The van der Waals surface area contributed by atoms with Crippen molar-refractivity contribution < 1.29 is 9.90 Å². The van der Waals surface area contributed by atoms with E-state index in [1.54, 1.807) is 6.20 Å². The first-order valence-electron chi connectivity index (χ1n) is 11.9. The number of nitrogens with zero attached hydrogens (tertiary/aromatic N) is 5. The van der Waals surface area contributed by atoms with Gasteiger partial charge in [-0.3, -0.25) is 14.6 Å². The van der Waals surface area contributed by atoms with Crippen molar-refractivity contribution in [3.8, 4) is 0 Å². The predicted molar refractivity (Wildman–Crippen MR) is 131 cm³/mol. The highest BCUT2D eigenvalue weighted by atomic mass is 35.5. The van der Waals surface area contributed by atoms with Crippen molar-refractivity contribution in [2.45, 2.75) is 51.2 Å². The Kier molecular flexibility index (Phi) is 7.96. The van der Waals surface area contributed by atoms with Crippen LogP contribution in [0.2, 0.25) is 5.02 Å². The molecule has 0 amide bonds. The van der Waals surface area contributed by atoms with Crippen LogP contribution in [0.5, 0.6) is 0 Å². The number of carbonyl (C=O) groups is 1. The minimum atomic E-state index is 0.0259. The maximum atomic E-state index is 11.0. The van der Waals surface area contributed by atoms with Crippen LogP contribution in [0.3, 0.4) is 0 Å². The van der Waals surface area contributed by atoms with Gasteiger partial charge in [0.05, 0.1) is 24.5 Å². The van der Waals surface area contributed by atoms with E-state index in [-0.39, 0.29) is 12.6 Å². The zero-order chi connectivity index (χ0) is 23.4. The first kappa shape index (κ1) is 24.1. The average molecular weight is 472 g/mol. The molecule has 2 aliphatic heterocycles. The summed E-state index contributed by atoms with van der Waals surface area (Å²) in [5, 5.41) is 10.8. The summed E-state index contributed by atoms with van der Waals surface area (Å²) >= 11 is 6.04. The lowest BCUT2D eigenvalue weighted by atomic mass is 9.96. The third kappa shape index (κ3) is 5.38. The van der Waals surface area contributed by atoms with Crippen LogP contribution in [0.25, 0.3) is 0 Å². The van der Waals surface area contributed by atoms with Gasteiger partial charge in [0.15, 0.2) is 6.29 Å². The quantitative estimate of drug-likeness (QED) is 0.621. The lowest BCUT2D eigenvalue weighted by molar-refractivity contribution is 0.0356. The second kappa shape index (κ2) is 10.9. The number of piperidine rings is 1. The molecule has 0 spiro atoms. The van der Waals surface area contributed by atoms with E-state index in [1.165, 1.54) is 0 Å². The average Bonchev–Trinajstić information content (AvgIpc) is 2.85. The molecule has 1 unspecified atom stereocenters. The van der Waals surface area contributed by atoms with Crippen molar-refractivity contribution in [2.24, 2.45) is 0 Å². The molecule has 33 heavy (non-hydrogen) atoms. The summed E-state index contributed by atoms with van der Waals surface area (Å²) in [6.45, 7) is 9.10. The van der Waals surface area contributed by atoms with Gasteiger partial charge in [0.1, 0.15) is 11.5 Å². The number of hydrogen-bond donors (Lipinski definition) is 1. The summed E-state index contributed by atoms with van der Waals surface area (Å²) < 4.78 is 0. The van der Waals surface area contributed by atoms with Gasteiger partial charge in [-0.25, -0.2) is 9.97 Å². The first-order chi connectivity index (χ1) is 16.0. The number of aromatic nitrogens is 2. The topological polar surface area (TPSA) is 72.8 Å². The lowest BCUT2D eigenvalue weighted by Gasteiger charge is -2.48. The molecule has 0 aliphatic carbocycles. The second-order valence-electron chi connectivity index (χ2n) is 9.08. The fourth-order valence-corrected chi connectivity index (χ4v) is 5.54. The Bertz CT molecular complexity index is 933. The summed E-state index contributed by atoms with van der Waals surface area (Å²) in [7, 11) is 0. The van der Waals surface area contributed by atoms with Crippen molar-refractivity contribution in [3.05, 3.63) is 52.4 Å². The molecule has 3 heterocycles. The second-order valence-corrected chi connectivity index (χ2v) is 9.52. The van der Waals surface area contributed by atoms with Crippen molar-refractivity contribution in [1.29, 1.82) is 0 Å². The number of carbonyl (C=O) groups excluding carboxylic acids is 1. The molecular weight excluding hydrogens is 438 g/mol. The Balaban J connectivity index is 1.37. The summed E-state index contributed by atoms with van der Waals surface area (Å²) in [5.41, 5.74) is 2.32. The first-order valence-corrected chi connectivity index (χ1v) is 12.3. The fraction of sp³-hybridized carbons (Fsp3) is 0.560. The number of hydrogen-bond acceptors (Lipinski definition) is 7. The van der Waals surface area contributed by atoms with Gasteiger partial charge in [0, 0.05) is 49.8 Å². The van der Waals surface area contributed by atoms with Crippen LogP contribution in [0.1, 0.15) is 54.0 Å². The molecule has 178 valence electrons. The number of piperazine rings is 1. The molecule has 2 atom stereocenters. The van der Waals surface area contributed by atoms with Gasteiger partial charge in [-0.1, -0.05) is 30.7 Å². The molecule has 1 N–H and O–H groups in total. The molecule has 0 radical (unpaired) electrons. The van der Waals surface area contributed by atoms with Crippen LogP contribution < -0.4 is 4.90 Å². The molecule has 2 saturated heterocycles. The van der Waals surface area contributed by atoms with Gasteiger partial charge < -0.3 is 10.0 Å². The number of anilines is 1. The Morgan fingerprint density at radius 2 is 1.91 bits per heavy atom. The van der Waals surface area contributed by atoms with Gasteiger partial charge in [-0.15, -0.1) is 0 Å². The third-order valence-electron chi connectivity index (χ3n) is 7.20. The molecule has 1 aromatic carbocycles. The zero-order valence-electron chi connectivity index (χ0n) is 19.5. The summed E-state index contributed by atoms with van der Waals surface area (Å²) in [5.74, 6) is 0.891. The van der Waals surface area contributed by atoms with Crippen LogP contribution in [-0.4, -0.2) is 82.6 Å². The highest BCUT2D eigenvalue weighted by Crippen LogP contribution is 2.30. The highest BCUT2D eigenvalue weighted by Gasteiger charge is 2.35. The number of aryl methyl sites for hydroxylation is 1. The van der Waals surface area contributed by atoms with Crippen LogP contribution in [0, 0.1) is 6.92 Å². The van der Waals surface area contributed by atoms with E-state index in [1.807, 2.05) is 31.2 Å². The van der Waals surface area contributed by atoms with Gasteiger partial charge in [0.2, 0.25) is 0 Å². The number of aliphatic hydroxyl groups excluding tert-OH is 1. The van der Waals surface area contributed by atoms with E-state index in [9.17, 15) is 9.90 Å². The van der Waals surface area contributed by atoms with E-state index in [2.05, 4.69) is 31.6 Å². The SMILES string of the molecule is CCC1CN(c2ncc(C=O)nc2C)CCN1C1CCN([C@@H](CO)c2ccc(Cl)cc2)CC1. The molecule has 2 fully saturated rings. The lowest BCUT2D eigenvalue weighted by Crippen LogP contribution is -2.58. The van der Waals surface area contributed by atoms with E-state index in [0.717, 1.165) is 80.4 Å². The molecule has 8 heteroatoms. The number of rotatable bonds is 7. The van der Waals surface area contributed by atoms with Crippen molar-refractivity contribution in [1.82, 2.24) is 19.8 Å². The monoisotopic (exact) mass is 471 g/mol. The summed E-state index contributed by atoms with van der Waals surface area (Å²) in [6, 6.07) is 8.89. The molecule has 2 aromatic rings. The minimum Gasteiger partial charge on any atom is -0.394 e. The van der Waals surface area contributed by atoms with Crippen LogP contribution in [0.15, 0.2) is 30.5 Å². The third-order valence-corrected chi connectivity index (χ3v) is 7.45. The summed E-state index contributed by atoms with van der Waals surface area (Å²) in [6.07, 6.45) is 5.61. The largest absolute Gasteiger partial charge is 0.394 e. The van der Waals surface area contributed by atoms with Crippen molar-refractivity contribution in [2.75, 3.05) is 44.2 Å². The minimum absolute atomic E-state index is 0.0259. The van der Waals surface area contributed by atoms with E-state index >= 15 is 0 Å². The molecule has 0 saturated carbocycles. The normalized spacial score (nSPS) is 21.8. The molecule has 7 nitrogen and oxygen atoms in total. The summed E-state index contributed by atoms with van der Waals surface area (Å²) in [4.78, 5) is 27.3. The van der Waals surface area contributed by atoms with Gasteiger partial charge in [-0.05, 0) is 43.9 Å². The standard InChI is InChI=1S/C25H34ClN5O2/c1-3-22-15-30(25-18(2)28-21(16-32)14-27-25)12-13-31(22)23-8-10-29(11-9-23)24(17-33)19-4-6-20(26)7-5-19/h4-7,14,16,22-24,33H,3,8-13,15,17H2,1-2H3/t22?,24-/m0/s1. The number of aliphatic hydroxyl groups is 1. The fourth-order valence-electron chi connectivity index (χ4n) is 5.41. The Morgan fingerprint density at radius 1 is 1.18 bits per heavy atom. The maximum Gasteiger partial charge on any atom is 0.170 e. The highest BCUT2D eigenvalue weighted by molar-refractivity contribution is 6.30. The smallest absolute Gasteiger partial charge is 0.170 e. The molecule has 4 rings (SSSR count). The Hall–Kier alpha value is -2.06. The van der Waals surface area contributed by atoms with Gasteiger partial charge in [0.25, 0.3) is 0 Å². The molecule has 2 aliphatic rings. The number of aldehydes is 1. The molecule has 0 bridgehead atoms. The molecule has 1 aromatic heterocycles. The van der Waals surface area contributed by atoms with Gasteiger partial charge >= 0.3 is 0 Å². The Labute approximate surface area is 201 Å². The number of benzene rings is 1. The van der Waals surface area contributed by atoms with E-state index in [4.69, 9.17) is 11.6 Å².